The normalized spacial score (nSPS) is 12.3. The van der Waals surface area contributed by atoms with Crippen molar-refractivity contribution in [3.8, 4) is 0 Å². The lowest BCUT2D eigenvalue weighted by Gasteiger charge is -2.43. The summed E-state index contributed by atoms with van der Waals surface area (Å²) >= 11 is 3.51. The fourth-order valence-corrected chi connectivity index (χ4v) is 8.72. The van der Waals surface area contributed by atoms with E-state index in [9.17, 15) is 0 Å². The Morgan fingerprint density at radius 1 is 0.731 bits per heavy atom. The van der Waals surface area contributed by atoms with Crippen molar-refractivity contribution in [3.05, 3.63) is 60.7 Å². The summed E-state index contributed by atoms with van der Waals surface area (Å²) in [5.74, 6) is 0. The molecule has 0 saturated heterocycles. The fraction of sp³-hybridized carbons (Fsp3) is 0.478. The molecule has 142 valence electrons. The highest BCUT2D eigenvalue weighted by Gasteiger charge is 2.49. The summed E-state index contributed by atoms with van der Waals surface area (Å²) in [5, 5.41) is 3.94. The number of halogens is 1. The molecule has 0 aliphatic carbocycles. The van der Waals surface area contributed by atoms with Gasteiger partial charge in [-0.25, -0.2) is 0 Å². The van der Waals surface area contributed by atoms with E-state index in [0.29, 0.717) is 0 Å². The Morgan fingerprint density at radius 2 is 1.19 bits per heavy atom. The van der Waals surface area contributed by atoms with Crippen LogP contribution in [-0.2, 0) is 4.43 Å². The van der Waals surface area contributed by atoms with Crippen molar-refractivity contribution in [2.24, 2.45) is 0 Å². The summed E-state index contributed by atoms with van der Waals surface area (Å²) in [6.07, 6.45) is 6.29. The molecular weight excluding hydrogens is 400 g/mol. The molecule has 0 aromatic heterocycles. The maximum atomic E-state index is 6.90. The van der Waals surface area contributed by atoms with Crippen LogP contribution in [0, 0.1) is 0 Å². The van der Waals surface area contributed by atoms with E-state index in [1.54, 1.807) is 0 Å². The molecule has 0 unspecified atom stereocenters. The minimum Gasteiger partial charge on any atom is -0.407 e. The molecule has 3 heteroatoms. The highest BCUT2D eigenvalue weighted by Crippen LogP contribution is 2.36. The van der Waals surface area contributed by atoms with Crippen LogP contribution in [-0.4, -0.2) is 20.3 Å². The minimum absolute atomic E-state index is 0.0751. The van der Waals surface area contributed by atoms with Crippen LogP contribution in [0.2, 0.25) is 5.04 Å². The van der Waals surface area contributed by atoms with Gasteiger partial charge in [0.1, 0.15) is 0 Å². The fourth-order valence-electron chi connectivity index (χ4n) is 3.71. The molecule has 0 fully saturated rings. The zero-order chi connectivity index (χ0) is 18.9. The number of benzene rings is 2. The third-order valence-corrected chi connectivity index (χ3v) is 10.6. The van der Waals surface area contributed by atoms with Crippen LogP contribution >= 0.6 is 15.9 Å². The summed E-state index contributed by atoms with van der Waals surface area (Å²) in [6, 6.07) is 21.8. The first-order chi connectivity index (χ1) is 12.5. The molecule has 0 N–H and O–H groups in total. The number of hydrogen-bond acceptors (Lipinski definition) is 1. The van der Waals surface area contributed by atoms with Crippen molar-refractivity contribution in [1.82, 2.24) is 0 Å². The van der Waals surface area contributed by atoms with Gasteiger partial charge < -0.3 is 4.43 Å². The Morgan fingerprint density at radius 3 is 1.65 bits per heavy atom. The minimum atomic E-state index is -2.33. The quantitative estimate of drug-likeness (QED) is 0.257. The topological polar surface area (TPSA) is 9.23 Å². The Labute approximate surface area is 169 Å². The lowest BCUT2D eigenvalue weighted by atomic mass is 10.2. The van der Waals surface area contributed by atoms with E-state index in [-0.39, 0.29) is 5.04 Å². The molecule has 0 radical (unpaired) electrons. The molecule has 1 nitrogen and oxygen atoms in total. The first-order valence-corrected chi connectivity index (χ1v) is 12.9. The summed E-state index contributed by atoms with van der Waals surface area (Å²) in [7, 11) is -2.33. The molecule has 0 aliphatic rings. The van der Waals surface area contributed by atoms with E-state index < -0.39 is 8.32 Å². The third kappa shape index (κ3) is 5.31. The first kappa shape index (κ1) is 21.4. The van der Waals surface area contributed by atoms with E-state index in [0.717, 1.165) is 18.4 Å². The van der Waals surface area contributed by atoms with Gasteiger partial charge in [-0.1, -0.05) is 117 Å². The molecule has 0 aliphatic heterocycles. The molecule has 0 spiro atoms. The van der Waals surface area contributed by atoms with Crippen molar-refractivity contribution in [2.75, 3.05) is 11.9 Å². The second-order valence-corrected chi connectivity index (χ2v) is 13.1. The van der Waals surface area contributed by atoms with Gasteiger partial charge in [-0.15, -0.1) is 0 Å². The highest BCUT2D eigenvalue weighted by atomic mass is 79.9. The Hall–Kier alpha value is -0.903. The molecule has 0 heterocycles. The molecular formula is C23H33BrOSi. The number of alkyl halides is 1. The van der Waals surface area contributed by atoms with Gasteiger partial charge in [-0.05, 0) is 28.3 Å². The second-order valence-electron chi connectivity index (χ2n) is 7.97. The lowest BCUT2D eigenvalue weighted by Crippen LogP contribution is -2.66. The molecule has 0 atom stereocenters. The average Bonchev–Trinajstić information content (AvgIpc) is 2.64. The van der Waals surface area contributed by atoms with Crippen LogP contribution in [0.3, 0.4) is 0 Å². The van der Waals surface area contributed by atoms with Gasteiger partial charge in [0.2, 0.25) is 0 Å². The summed E-state index contributed by atoms with van der Waals surface area (Å²) in [6.45, 7) is 7.88. The first-order valence-electron chi connectivity index (χ1n) is 9.83. The smallest absolute Gasteiger partial charge is 0.261 e. The Bertz CT molecular complexity index is 582. The monoisotopic (exact) mass is 432 g/mol. The van der Waals surface area contributed by atoms with Crippen LogP contribution < -0.4 is 10.4 Å². The van der Waals surface area contributed by atoms with Crippen LogP contribution in [0.5, 0.6) is 0 Å². The average molecular weight is 434 g/mol. The summed E-state index contributed by atoms with van der Waals surface area (Å²) in [4.78, 5) is 0. The van der Waals surface area contributed by atoms with Gasteiger partial charge in [0.05, 0.1) is 0 Å². The maximum absolute atomic E-state index is 6.90. The Kier molecular flexibility index (Phi) is 8.59. The summed E-state index contributed by atoms with van der Waals surface area (Å²) in [5.41, 5.74) is 0. The molecule has 2 aromatic rings. The summed E-state index contributed by atoms with van der Waals surface area (Å²) < 4.78 is 6.90. The molecule has 0 amide bonds. The van der Waals surface area contributed by atoms with Gasteiger partial charge in [-0.2, -0.15) is 0 Å². The number of hydrogen-bond donors (Lipinski definition) is 0. The van der Waals surface area contributed by atoms with Crippen molar-refractivity contribution >= 4 is 34.6 Å². The number of unbranched alkanes of at least 4 members (excludes halogenated alkanes) is 4. The second kappa shape index (κ2) is 10.4. The van der Waals surface area contributed by atoms with Crippen LogP contribution in [0.25, 0.3) is 0 Å². The van der Waals surface area contributed by atoms with Crippen LogP contribution in [0.4, 0.5) is 0 Å². The molecule has 2 rings (SSSR count). The maximum Gasteiger partial charge on any atom is 0.261 e. The van der Waals surface area contributed by atoms with E-state index in [1.165, 1.54) is 36.1 Å². The molecule has 26 heavy (non-hydrogen) atoms. The van der Waals surface area contributed by atoms with E-state index in [4.69, 9.17) is 4.43 Å². The van der Waals surface area contributed by atoms with Crippen molar-refractivity contribution in [3.63, 3.8) is 0 Å². The van der Waals surface area contributed by atoms with E-state index in [1.807, 2.05) is 0 Å². The van der Waals surface area contributed by atoms with Gasteiger partial charge in [0, 0.05) is 11.9 Å². The largest absolute Gasteiger partial charge is 0.407 e. The highest BCUT2D eigenvalue weighted by molar-refractivity contribution is 9.09. The zero-order valence-corrected chi connectivity index (χ0v) is 19.1. The van der Waals surface area contributed by atoms with Gasteiger partial charge in [0.15, 0.2) is 0 Å². The van der Waals surface area contributed by atoms with Crippen molar-refractivity contribution in [1.29, 1.82) is 0 Å². The predicted molar refractivity (Wildman–Crippen MR) is 120 cm³/mol. The van der Waals surface area contributed by atoms with E-state index >= 15 is 0 Å². The Balaban J connectivity index is 2.24. The molecule has 0 bridgehead atoms. The van der Waals surface area contributed by atoms with Gasteiger partial charge in [0.25, 0.3) is 8.32 Å². The standard InChI is InChI=1S/C23H33BrOSi/c1-23(2,3)26(21-15-9-7-10-16-21,22-17-11-8-12-18-22)25-20-14-6-4-5-13-19-24/h7-12,15-18H,4-6,13-14,19-20H2,1-3H3. The number of rotatable bonds is 10. The van der Waals surface area contributed by atoms with Crippen molar-refractivity contribution < 1.29 is 4.43 Å². The van der Waals surface area contributed by atoms with Crippen LogP contribution in [0.1, 0.15) is 52.9 Å². The van der Waals surface area contributed by atoms with E-state index in [2.05, 4.69) is 97.4 Å². The van der Waals surface area contributed by atoms with Gasteiger partial charge in [-0.3, -0.25) is 0 Å². The van der Waals surface area contributed by atoms with Crippen LogP contribution in [0.15, 0.2) is 60.7 Å². The zero-order valence-electron chi connectivity index (χ0n) is 16.5. The third-order valence-electron chi connectivity index (χ3n) is 5.01. The van der Waals surface area contributed by atoms with Crippen molar-refractivity contribution in [2.45, 2.75) is 57.9 Å². The van der Waals surface area contributed by atoms with Gasteiger partial charge >= 0.3 is 0 Å². The SMILES string of the molecule is CC(C)(C)[Si](OCCCCCCCBr)(c1ccccc1)c1ccccc1. The lowest BCUT2D eigenvalue weighted by molar-refractivity contribution is 0.286. The predicted octanol–water partition coefficient (Wildman–Crippen LogP) is 5.91. The molecule has 2 aromatic carbocycles. The molecule has 0 saturated carbocycles.